The topological polar surface area (TPSA) is 44.5 Å². The Hall–Kier alpha value is -1.71. The van der Waals surface area contributed by atoms with Gasteiger partial charge in [-0.3, -0.25) is 0 Å². The summed E-state index contributed by atoms with van der Waals surface area (Å²) in [5.41, 5.74) is 9.08. The number of fused-ring (bicyclic) bond motifs is 1. The lowest BCUT2D eigenvalue weighted by atomic mass is 10.1. The first kappa shape index (κ1) is 14.2. The molecule has 110 valence electrons. The molecule has 1 aliphatic heterocycles. The molecule has 21 heavy (non-hydrogen) atoms. The van der Waals surface area contributed by atoms with Gasteiger partial charge < -0.3 is 15.2 Å². The van der Waals surface area contributed by atoms with E-state index >= 15 is 0 Å². The molecule has 0 bridgehead atoms. The number of hydrogen-bond acceptors (Lipinski definition) is 3. The molecular formula is C17H18ClNO2. The van der Waals surface area contributed by atoms with Crippen molar-refractivity contribution in [1.29, 1.82) is 0 Å². The van der Waals surface area contributed by atoms with Gasteiger partial charge in [0.1, 0.15) is 18.1 Å². The zero-order chi connectivity index (χ0) is 14.8. The van der Waals surface area contributed by atoms with Crippen molar-refractivity contribution < 1.29 is 9.47 Å². The Labute approximate surface area is 129 Å². The Balaban J connectivity index is 1.73. The second-order valence-electron chi connectivity index (χ2n) is 5.30. The van der Waals surface area contributed by atoms with Crippen LogP contribution < -0.4 is 15.2 Å². The minimum absolute atomic E-state index is 0.0312. The molecule has 0 saturated heterocycles. The van der Waals surface area contributed by atoms with E-state index in [4.69, 9.17) is 26.8 Å². The summed E-state index contributed by atoms with van der Waals surface area (Å²) in [6.07, 6.45) is 0.909. The summed E-state index contributed by atoms with van der Waals surface area (Å²) in [7, 11) is 0. The van der Waals surface area contributed by atoms with E-state index in [1.807, 2.05) is 43.3 Å². The van der Waals surface area contributed by atoms with Gasteiger partial charge in [-0.2, -0.15) is 0 Å². The highest BCUT2D eigenvalue weighted by Gasteiger charge is 2.17. The van der Waals surface area contributed by atoms with Crippen molar-refractivity contribution in [2.24, 2.45) is 5.73 Å². The van der Waals surface area contributed by atoms with Crippen LogP contribution in [-0.4, -0.2) is 6.61 Å². The van der Waals surface area contributed by atoms with Crippen molar-refractivity contribution in [2.75, 3.05) is 6.61 Å². The molecule has 0 amide bonds. The fourth-order valence-corrected chi connectivity index (χ4v) is 2.75. The average molecular weight is 304 g/mol. The highest BCUT2D eigenvalue weighted by molar-refractivity contribution is 6.30. The minimum atomic E-state index is 0.0312. The molecule has 0 aliphatic carbocycles. The maximum Gasteiger partial charge on any atom is 0.129 e. The molecule has 2 aromatic carbocycles. The van der Waals surface area contributed by atoms with Gasteiger partial charge in [-0.1, -0.05) is 23.7 Å². The van der Waals surface area contributed by atoms with Gasteiger partial charge in [0.2, 0.25) is 0 Å². The lowest BCUT2D eigenvalue weighted by Gasteiger charge is -2.12. The number of benzene rings is 2. The largest absolute Gasteiger partial charge is 0.493 e. The lowest BCUT2D eigenvalue weighted by Crippen LogP contribution is -2.04. The van der Waals surface area contributed by atoms with Crippen LogP contribution in [0.2, 0.25) is 5.02 Å². The summed E-state index contributed by atoms with van der Waals surface area (Å²) in [4.78, 5) is 0. The van der Waals surface area contributed by atoms with Crippen molar-refractivity contribution >= 4 is 11.6 Å². The molecular weight excluding hydrogens is 286 g/mol. The van der Waals surface area contributed by atoms with Gasteiger partial charge in [0.05, 0.1) is 6.61 Å². The van der Waals surface area contributed by atoms with Crippen LogP contribution in [0.1, 0.15) is 29.7 Å². The maximum absolute atomic E-state index is 6.14. The van der Waals surface area contributed by atoms with E-state index in [0.29, 0.717) is 13.2 Å². The van der Waals surface area contributed by atoms with Crippen LogP contribution in [0.3, 0.4) is 0 Å². The molecule has 3 nitrogen and oxygen atoms in total. The normalized spacial score (nSPS) is 14.4. The van der Waals surface area contributed by atoms with Crippen molar-refractivity contribution in [3.05, 3.63) is 58.1 Å². The molecule has 1 aliphatic rings. The van der Waals surface area contributed by atoms with Gasteiger partial charge >= 0.3 is 0 Å². The quantitative estimate of drug-likeness (QED) is 0.932. The van der Waals surface area contributed by atoms with E-state index in [-0.39, 0.29) is 6.04 Å². The van der Waals surface area contributed by atoms with Gasteiger partial charge in [0.25, 0.3) is 0 Å². The molecule has 1 atom stereocenters. The molecule has 2 aromatic rings. The SMILES string of the molecule is C[C@H](N)c1ccc(OCc2cc(Cl)cc3c2OCC3)cc1. The van der Waals surface area contributed by atoms with Crippen molar-refractivity contribution in [3.8, 4) is 11.5 Å². The van der Waals surface area contributed by atoms with E-state index in [2.05, 4.69) is 0 Å². The predicted molar refractivity (Wildman–Crippen MR) is 84.0 cm³/mol. The van der Waals surface area contributed by atoms with Crippen LogP contribution in [0.25, 0.3) is 0 Å². The molecule has 3 rings (SSSR count). The van der Waals surface area contributed by atoms with Gasteiger partial charge in [0, 0.05) is 23.0 Å². The molecule has 4 heteroatoms. The van der Waals surface area contributed by atoms with Crippen LogP contribution in [0.5, 0.6) is 11.5 Å². The van der Waals surface area contributed by atoms with Gasteiger partial charge in [-0.25, -0.2) is 0 Å². The summed E-state index contributed by atoms with van der Waals surface area (Å²) in [6, 6.07) is 11.7. The van der Waals surface area contributed by atoms with Crippen LogP contribution in [0.15, 0.2) is 36.4 Å². The first-order valence-corrected chi connectivity index (χ1v) is 7.44. The van der Waals surface area contributed by atoms with E-state index in [1.54, 1.807) is 0 Å². The number of nitrogens with two attached hydrogens (primary N) is 1. The maximum atomic E-state index is 6.14. The first-order valence-electron chi connectivity index (χ1n) is 7.06. The van der Waals surface area contributed by atoms with Gasteiger partial charge in [-0.05, 0) is 42.3 Å². The van der Waals surface area contributed by atoms with Gasteiger partial charge in [0.15, 0.2) is 0 Å². The second kappa shape index (κ2) is 5.96. The highest BCUT2D eigenvalue weighted by Crippen LogP contribution is 2.33. The molecule has 1 heterocycles. The third kappa shape index (κ3) is 3.14. The Bertz CT molecular complexity index is 638. The second-order valence-corrected chi connectivity index (χ2v) is 5.73. The fraction of sp³-hybridized carbons (Fsp3) is 0.294. The summed E-state index contributed by atoms with van der Waals surface area (Å²) in [6.45, 7) is 3.12. The monoisotopic (exact) mass is 303 g/mol. The molecule has 0 spiro atoms. The molecule has 0 saturated carbocycles. The van der Waals surface area contributed by atoms with E-state index < -0.39 is 0 Å². The Kier molecular flexibility index (Phi) is 4.04. The Morgan fingerprint density at radius 3 is 2.76 bits per heavy atom. The zero-order valence-corrected chi connectivity index (χ0v) is 12.7. The van der Waals surface area contributed by atoms with E-state index in [1.165, 1.54) is 0 Å². The standard InChI is InChI=1S/C17H18ClNO2/c1-11(19)12-2-4-16(5-3-12)21-10-14-9-15(18)8-13-6-7-20-17(13)14/h2-5,8-9,11H,6-7,10,19H2,1H3/t11-/m0/s1. The van der Waals surface area contributed by atoms with Crippen molar-refractivity contribution in [1.82, 2.24) is 0 Å². The van der Waals surface area contributed by atoms with Crippen LogP contribution in [-0.2, 0) is 13.0 Å². The van der Waals surface area contributed by atoms with E-state index in [0.717, 1.165) is 39.6 Å². The summed E-state index contributed by atoms with van der Waals surface area (Å²) < 4.78 is 11.5. The van der Waals surface area contributed by atoms with Crippen LogP contribution in [0, 0.1) is 0 Å². The zero-order valence-electron chi connectivity index (χ0n) is 11.9. The van der Waals surface area contributed by atoms with Crippen molar-refractivity contribution in [3.63, 3.8) is 0 Å². The summed E-state index contributed by atoms with van der Waals surface area (Å²) in [5, 5.41) is 0.727. The van der Waals surface area contributed by atoms with Crippen molar-refractivity contribution in [2.45, 2.75) is 26.0 Å². The molecule has 0 unspecified atom stereocenters. The Morgan fingerprint density at radius 2 is 2.05 bits per heavy atom. The highest BCUT2D eigenvalue weighted by atomic mass is 35.5. The fourth-order valence-electron chi connectivity index (χ4n) is 2.48. The van der Waals surface area contributed by atoms with Crippen LogP contribution in [0.4, 0.5) is 0 Å². The van der Waals surface area contributed by atoms with E-state index in [9.17, 15) is 0 Å². The third-order valence-electron chi connectivity index (χ3n) is 3.63. The number of rotatable bonds is 4. The number of hydrogen-bond donors (Lipinski definition) is 1. The molecule has 0 aromatic heterocycles. The van der Waals surface area contributed by atoms with Gasteiger partial charge in [-0.15, -0.1) is 0 Å². The lowest BCUT2D eigenvalue weighted by molar-refractivity contribution is 0.292. The summed E-state index contributed by atoms with van der Waals surface area (Å²) >= 11 is 6.14. The Morgan fingerprint density at radius 1 is 1.29 bits per heavy atom. The minimum Gasteiger partial charge on any atom is -0.493 e. The van der Waals surface area contributed by atoms with Crippen LogP contribution >= 0.6 is 11.6 Å². The number of halogens is 1. The smallest absolute Gasteiger partial charge is 0.129 e. The molecule has 0 fully saturated rings. The number of ether oxygens (including phenoxy) is 2. The molecule has 0 radical (unpaired) electrons. The first-order chi connectivity index (χ1) is 10.1. The predicted octanol–water partition coefficient (Wildman–Crippen LogP) is 3.87. The average Bonchev–Trinajstić information content (AvgIpc) is 2.93. The summed E-state index contributed by atoms with van der Waals surface area (Å²) in [5.74, 6) is 1.73. The third-order valence-corrected chi connectivity index (χ3v) is 3.84. The molecule has 2 N–H and O–H groups in total.